The van der Waals surface area contributed by atoms with Gasteiger partial charge >= 0.3 is 0 Å². The number of halogens is 1. The Morgan fingerprint density at radius 2 is 2.33 bits per heavy atom. The topological polar surface area (TPSA) is 66.3 Å². The minimum Gasteiger partial charge on any atom is -0.396 e. The van der Waals surface area contributed by atoms with Crippen LogP contribution in [0.15, 0.2) is 6.20 Å². The van der Waals surface area contributed by atoms with Crippen LogP contribution in [0, 0.1) is 5.92 Å². The summed E-state index contributed by atoms with van der Waals surface area (Å²) in [6.45, 7) is 5.51. The van der Waals surface area contributed by atoms with E-state index in [-0.39, 0.29) is 18.4 Å². The molecule has 2 rings (SSSR count). The highest BCUT2D eigenvalue weighted by Crippen LogP contribution is 2.23. The van der Waals surface area contributed by atoms with E-state index in [0.29, 0.717) is 29.0 Å². The maximum absolute atomic E-state index is 12.6. The summed E-state index contributed by atoms with van der Waals surface area (Å²) in [5.41, 5.74) is 0.292. The molecule has 116 valence electrons. The fraction of sp³-hybridized carbons (Fsp3) is 0.667. The van der Waals surface area contributed by atoms with Gasteiger partial charge < -0.3 is 10.0 Å². The molecule has 5 nitrogen and oxygen atoms in total. The predicted molar refractivity (Wildman–Crippen MR) is 81.5 cm³/mol. The van der Waals surface area contributed by atoms with Gasteiger partial charge in [-0.1, -0.05) is 25.4 Å². The van der Waals surface area contributed by atoms with Crippen molar-refractivity contribution in [3.05, 3.63) is 22.7 Å². The number of piperidine rings is 1. The molecule has 2 heterocycles. The molecule has 1 aromatic heterocycles. The normalized spacial score (nSPS) is 19.1. The second-order valence-electron chi connectivity index (χ2n) is 5.85. The molecular weight excluding hydrogens is 290 g/mol. The molecule has 0 aliphatic carbocycles. The minimum absolute atomic E-state index is 0.132. The number of carbonyl (C=O) groups is 1. The van der Waals surface area contributed by atoms with Gasteiger partial charge in [-0.2, -0.15) is 0 Å². The zero-order chi connectivity index (χ0) is 15.4. The predicted octanol–water partition coefficient (Wildman–Crippen LogP) is 2.49. The zero-order valence-corrected chi connectivity index (χ0v) is 13.3. The van der Waals surface area contributed by atoms with Crippen LogP contribution in [0.25, 0.3) is 0 Å². The molecule has 1 aliphatic heterocycles. The molecule has 0 saturated carbocycles. The van der Waals surface area contributed by atoms with Crippen molar-refractivity contribution >= 4 is 17.5 Å². The van der Waals surface area contributed by atoms with Crippen molar-refractivity contribution in [2.75, 3.05) is 19.7 Å². The SMILES string of the molecule is CC(C)c1ncc(Cl)c(C(=O)N2CCCC(CCO)C2)n1. The van der Waals surface area contributed by atoms with Crippen molar-refractivity contribution in [3.63, 3.8) is 0 Å². The Balaban J connectivity index is 2.17. The molecule has 1 aromatic rings. The molecule has 0 spiro atoms. The van der Waals surface area contributed by atoms with Crippen LogP contribution < -0.4 is 0 Å². The third-order valence-corrected chi connectivity index (χ3v) is 4.10. The van der Waals surface area contributed by atoms with Gasteiger partial charge in [-0.05, 0) is 25.2 Å². The van der Waals surface area contributed by atoms with Gasteiger partial charge in [0.2, 0.25) is 0 Å². The third kappa shape index (κ3) is 3.92. The number of amides is 1. The molecule has 0 aromatic carbocycles. The number of hydrogen-bond acceptors (Lipinski definition) is 4. The van der Waals surface area contributed by atoms with E-state index in [1.807, 2.05) is 13.8 Å². The summed E-state index contributed by atoms with van der Waals surface area (Å²) in [5.74, 6) is 1.01. The van der Waals surface area contributed by atoms with E-state index in [2.05, 4.69) is 9.97 Å². The van der Waals surface area contributed by atoms with E-state index in [9.17, 15) is 4.79 Å². The molecule has 1 aliphatic rings. The van der Waals surface area contributed by atoms with Crippen LogP contribution in [0.4, 0.5) is 0 Å². The largest absolute Gasteiger partial charge is 0.396 e. The second kappa shape index (κ2) is 7.18. The number of hydrogen-bond donors (Lipinski definition) is 1. The molecular formula is C15H22ClN3O2. The molecule has 1 saturated heterocycles. The van der Waals surface area contributed by atoms with Crippen molar-refractivity contribution < 1.29 is 9.90 Å². The maximum Gasteiger partial charge on any atom is 0.274 e. The summed E-state index contributed by atoms with van der Waals surface area (Å²) in [6.07, 6.45) is 4.25. The first kappa shape index (κ1) is 16.2. The Hall–Kier alpha value is -1.20. The van der Waals surface area contributed by atoms with Crippen molar-refractivity contribution in [1.82, 2.24) is 14.9 Å². The molecule has 6 heteroatoms. The van der Waals surface area contributed by atoms with Gasteiger partial charge in [-0.3, -0.25) is 4.79 Å². The van der Waals surface area contributed by atoms with E-state index >= 15 is 0 Å². The van der Waals surface area contributed by atoms with Gasteiger partial charge in [0.05, 0.1) is 11.2 Å². The van der Waals surface area contributed by atoms with E-state index in [1.54, 1.807) is 4.90 Å². The van der Waals surface area contributed by atoms with Crippen molar-refractivity contribution in [3.8, 4) is 0 Å². The average Bonchev–Trinajstić information content (AvgIpc) is 2.47. The second-order valence-corrected chi connectivity index (χ2v) is 6.26. The Bertz CT molecular complexity index is 506. The van der Waals surface area contributed by atoms with Gasteiger partial charge in [0.25, 0.3) is 5.91 Å². The van der Waals surface area contributed by atoms with E-state index < -0.39 is 0 Å². The summed E-state index contributed by atoms with van der Waals surface area (Å²) in [5, 5.41) is 9.36. The van der Waals surface area contributed by atoms with Gasteiger partial charge in [0, 0.05) is 25.6 Å². The van der Waals surface area contributed by atoms with Crippen LogP contribution in [0.5, 0.6) is 0 Å². The Morgan fingerprint density at radius 1 is 1.57 bits per heavy atom. The van der Waals surface area contributed by atoms with Crippen LogP contribution in [-0.4, -0.2) is 45.6 Å². The lowest BCUT2D eigenvalue weighted by atomic mass is 9.95. The monoisotopic (exact) mass is 311 g/mol. The molecule has 0 bridgehead atoms. The van der Waals surface area contributed by atoms with Gasteiger partial charge in [0.15, 0.2) is 5.69 Å². The number of aliphatic hydroxyl groups excluding tert-OH is 1. The zero-order valence-electron chi connectivity index (χ0n) is 12.5. The highest BCUT2D eigenvalue weighted by Gasteiger charge is 2.27. The highest BCUT2D eigenvalue weighted by molar-refractivity contribution is 6.33. The quantitative estimate of drug-likeness (QED) is 0.927. The Kier molecular flexibility index (Phi) is 5.53. The minimum atomic E-state index is -0.132. The summed E-state index contributed by atoms with van der Waals surface area (Å²) >= 11 is 6.10. The van der Waals surface area contributed by atoms with Crippen LogP contribution in [0.2, 0.25) is 5.02 Å². The lowest BCUT2D eigenvalue weighted by molar-refractivity contribution is 0.0647. The fourth-order valence-electron chi connectivity index (χ4n) is 2.63. The first-order chi connectivity index (χ1) is 10.0. The molecule has 1 atom stereocenters. The molecule has 1 amide bonds. The third-order valence-electron chi connectivity index (χ3n) is 3.83. The molecule has 1 fully saturated rings. The number of rotatable bonds is 4. The summed E-state index contributed by atoms with van der Waals surface area (Å²) < 4.78 is 0. The molecule has 21 heavy (non-hydrogen) atoms. The highest BCUT2D eigenvalue weighted by atomic mass is 35.5. The van der Waals surface area contributed by atoms with E-state index in [4.69, 9.17) is 16.7 Å². The van der Waals surface area contributed by atoms with E-state index in [1.165, 1.54) is 6.20 Å². The fourth-order valence-corrected chi connectivity index (χ4v) is 2.80. The van der Waals surface area contributed by atoms with Crippen molar-refractivity contribution in [2.45, 2.75) is 39.0 Å². The van der Waals surface area contributed by atoms with Crippen molar-refractivity contribution in [2.24, 2.45) is 5.92 Å². The number of carbonyl (C=O) groups excluding carboxylic acids is 1. The van der Waals surface area contributed by atoms with Crippen LogP contribution in [-0.2, 0) is 0 Å². The van der Waals surface area contributed by atoms with Crippen LogP contribution >= 0.6 is 11.6 Å². The van der Waals surface area contributed by atoms with Gasteiger partial charge in [-0.15, -0.1) is 0 Å². The summed E-state index contributed by atoms with van der Waals surface area (Å²) in [7, 11) is 0. The average molecular weight is 312 g/mol. The van der Waals surface area contributed by atoms with Crippen LogP contribution in [0.3, 0.4) is 0 Å². The Labute approximate surface area is 130 Å². The van der Waals surface area contributed by atoms with Gasteiger partial charge in [-0.25, -0.2) is 9.97 Å². The van der Waals surface area contributed by atoms with Gasteiger partial charge in [0.1, 0.15) is 5.82 Å². The van der Waals surface area contributed by atoms with E-state index in [0.717, 1.165) is 25.8 Å². The van der Waals surface area contributed by atoms with Crippen molar-refractivity contribution in [1.29, 1.82) is 0 Å². The maximum atomic E-state index is 12.6. The summed E-state index contributed by atoms with van der Waals surface area (Å²) in [4.78, 5) is 22.9. The molecule has 0 radical (unpaired) electrons. The first-order valence-corrected chi connectivity index (χ1v) is 7.83. The molecule has 1 unspecified atom stereocenters. The van der Waals surface area contributed by atoms with Crippen LogP contribution in [0.1, 0.15) is 55.3 Å². The lowest BCUT2D eigenvalue weighted by Gasteiger charge is -2.32. The standard InChI is InChI=1S/C15H22ClN3O2/c1-10(2)14-17-8-12(16)13(18-14)15(21)19-6-3-4-11(9-19)5-7-20/h8,10-11,20H,3-7,9H2,1-2H3. The number of nitrogens with zero attached hydrogens (tertiary/aromatic N) is 3. The smallest absolute Gasteiger partial charge is 0.274 e. The lowest BCUT2D eigenvalue weighted by Crippen LogP contribution is -2.40. The number of aliphatic hydroxyl groups is 1. The number of aromatic nitrogens is 2. The molecule has 1 N–H and O–H groups in total. The summed E-state index contributed by atoms with van der Waals surface area (Å²) in [6, 6.07) is 0. The number of likely N-dealkylation sites (tertiary alicyclic amines) is 1. The first-order valence-electron chi connectivity index (χ1n) is 7.45. The Morgan fingerprint density at radius 3 is 3.00 bits per heavy atom.